The van der Waals surface area contributed by atoms with E-state index in [2.05, 4.69) is 17.2 Å². The molecule has 0 aliphatic heterocycles. The zero-order chi connectivity index (χ0) is 18.1. The molecule has 0 bridgehead atoms. The number of hydrogen-bond acceptors (Lipinski definition) is 5. The molecule has 0 fully saturated rings. The number of nitrogens with one attached hydrogen (secondary N) is 1. The van der Waals surface area contributed by atoms with Crippen LogP contribution >= 0.6 is 11.3 Å². The van der Waals surface area contributed by atoms with Crippen molar-refractivity contribution >= 4 is 28.3 Å². The fourth-order valence-corrected chi connectivity index (χ4v) is 2.88. The van der Waals surface area contributed by atoms with Gasteiger partial charge in [-0.25, -0.2) is 4.98 Å². The van der Waals surface area contributed by atoms with E-state index in [0.717, 1.165) is 19.3 Å². The molecule has 2 amide bonds. The van der Waals surface area contributed by atoms with E-state index in [1.54, 1.807) is 47.9 Å². The summed E-state index contributed by atoms with van der Waals surface area (Å²) in [5.41, 5.74) is 0.541. The molecule has 0 aliphatic rings. The zero-order valence-electron chi connectivity index (χ0n) is 14.5. The van der Waals surface area contributed by atoms with Gasteiger partial charge in [-0.2, -0.15) is 0 Å². The zero-order valence-corrected chi connectivity index (χ0v) is 15.3. The average Bonchev–Trinajstić information content (AvgIpc) is 3.13. The molecule has 1 heterocycles. The highest BCUT2D eigenvalue weighted by molar-refractivity contribution is 7.13. The molecule has 0 saturated carbocycles. The maximum absolute atomic E-state index is 12.8. The van der Waals surface area contributed by atoms with Gasteiger partial charge in [-0.05, 0) is 30.7 Å². The van der Waals surface area contributed by atoms with Crippen LogP contribution in [0.3, 0.4) is 0 Å². The van der Waals surface area contributed by atoms with Crippen LogP contribution in [0.15, 0.2) is 35.8 Å². The first-order valence-electron chi connectivity index (χ1n) is 8.26. The summed E-state index contributed by atoms with van der Waals surface area (Å²) in [6, 6.07) is 6.92. The first kappa shape index (κ1) is 18.9. The van der Waals surface area contributed by atoms with Gasteiger partial charge < -0.3 is 15.0 Å². The van der Waals surface area contributed by atoms with Crippen molar-refractivity contribution in [1.29, 1.82) is 0 Å². The van der Waals surface area contributed by atoms with E-state index in [0.29, 0.717) is 23.0 Å². The largest absolute Gasteiger partial charge is 0.497 e. The summed E-state index contributed by atoms with van der Waals surface area (Å²) in [6.07, 6.45) is 4.56. The normalized spacial score (nSPS) is 10.3. The Labute approximate surface area is 151 Å². The summed E-state index contributed by atoms with van der Waals surface area (Å²) in [5, 5.41) is 5.05. The smallest absolute Gasteiger partial charge is 0.254 e. The van der Waals surface area contributed by atoms with Crippen molar-refractivity contribution in [3.05, 3.63) is 41.4 Å². The van der Waals surface area contributed by atoms with Gasteiger partial charge in [0.15, 0.2) is 5.13 Å². The summed E-state index contributed by atoms with van der Waals surface area (Å²) >= 11 is 1.35. The quantitative estimate of drug-likeness (QED) is 0.695. The van der Waals surface area contributed by atoms with Crippen LogP contribution in [0, 0.1) is 0 Å². The second-order valence-corrected chi connectivity index (χ2v) is 6.44. The van der Waals surface area contributed by atoms with E-state index in [1.165, 1.54) is 11.3 Å². The van der Waals surface area contributed by atoms with E-state index in [9.17, 15) is 9.59 Å². The Morgan fingerprint density at radius 2 is 2.00 bits per heavy atom. The van der Waals surface area contributed by atoms with Crippen LogP contribution in [0.25, 0.3) is 0 Å². The number of methoxy groups -OCH3 is 1. The van der Waals surface area contributed by atoms with Crippen LogP contribution in [-0.4, -0.2) is 41.9 Å². The third-order valence-electron chi connectivity index (χ3n) is 3.67. The molecule has 0 saturated heterocycles. The Kier molecular flexibility index (Phi) is 7.40. The molecular weight excluding hydrogens is 338 g/mol. The molecule has 1 aromatic carbocycles. The van der Waals surface area contributed by atoms with Gasteiger partial charge in [0, 0.05) is 23.7 Å². The predicted octanol–water partition coefficient (Wildman–Crippen LogP) is 3.42. The molecule has 0 atom stereocenters. The monoisotopic (exact) mass is 361 g/mol. The lowest BCUT2D eigenvalue weighted by atomic mass is 10.1. The van der Waals surface area contributed by atoms with Crippen LogP contribution in [-0.2, 0) is 4.79 Å². The van der Waals surface area contributed by atoms with Crippen LogP contribution in [0.5, 0.6) is 5.75 Å². The number of rotatable bonds is 9. The van der Waals surface area contributed by atoms with Crippen LogP contribution in [0.1, 0.15) is 36.5 Å². The molecule has 7 heteroatoms. The van der Waals surface area contributed by atoms with E-state index < -0.39 is 0 Å². The van der Waals surface area contributed by atoms with Crippen molar-refractivity contribution in [3.63, 3.8) is 0 Å². The molecule has 0 radical (unpaired) electrons. The van der Waals surface area contributed by atoms with Gasteiger partial charge >= 0.3 is 0 Å². The third kappa shape index (κ3) is 5.86. The molecule has 1 N–H and O–H groups in total. The standard InChI is InChI=1S/C18H23N3O3S/c1-3-4-5-11-21(13-16(22)20-18-19-10-12-25-18)17(23)14-6-8-15(24-2)9-7-14/h6-10,12H,3-5,11,13H2,1-2H3,(H,19,20,22). The fraction of sp³-hybridized carbons (Fsp3) is 0.389. The maximum atomic E-state index is 12.8. The number of anilines is 1. The molecule has 2 aromatic rings. The van der Waals surface area contributed by atoms with Crippen LogP contribution < -0.4 is 10.1 Å². The van der Waals surface area contributed by atoms with Crippen molar-refractivity contribution in [1.82, 2.24) is 9.88 Å². The van der Waals surface area contributed by atoms with Gasteiger partial charge in [0.1, 0.15) is 12.3 Å². The minimum absolute atomic E-state index is 0.00809. The predicted molar refractivity (Wildman–Crippen MR) is 99.2 cm³/mol. The van der Waals surface area contributed by atoms with E-state index >= 15 is 0 Å². The SMILES string of the molecule is CCCCCN(CC(=O)Nc1nccs1)C(=O)c1ccc(OC)cc1. The van der Waals surface area contributed by atoms with E-state index in [1.807, 2.05) is 0 Å². The summed E-state index contributed by atoms with van der Waals surface area (Å²) in [6.45, 7) is 2.66. The van der Waals surface area contributed by atoms with Gasteiger partial charge in [-0.3, -0.25) is 9.59 Å². The number of hydrogen-bond donors (Lipinski definition) is 1. The topological polar surface area (TPSA) is 71.5 Å². The summed E-state index contributed by atoms with van der Waals surface area (Å²) in [4.78, 5) is 30.6. The van der Waals surface area contributed by atoms with Gasteiger partial charge in [0.2, 0.25) is 5.91 Å². The van der Waals surface area contributed by atoms with Crippen molar-refractivity contribution in [2.45, 2.75) is 26.2 Å². The highest BCUT2D eigenvalue weighted by Gasteiger charge is 2.19. The molecule has 134 valence electrons. The highest BCUT2D eigenvalue weighted by Crippen LogP contribution is 2.15. The van der Waals surface area contributed by atoms with Crippen molar-refractivity contribution in [2.24, 2.45) is 0 Å². The number of nitrogens with zero attached hydrogens (tertiary/aromatic N) is 2. The number of carbonyl (C=O) groups excluding carboxylic acids is 2. The summed E-state index contributed by atoms with van der Waals surface area (Å²) in [7, 11) is 1.58. The first-order valence-corrected chi connectivity index (χ1v) is 9.14. The number of amides is 2. The molecule has 25 heavy (non-hydrogen) atoms. The lowest BCUT2D eigenvalue weighted by molar-refractivity contribution is -0.116. The Morgan fingerprint density at radius 3 is 2.60 bits per heavy atom. The molecule has 6 nitrogen and oxygen atoms in total. The highest BCUT2D eigenvalue weighted by atomic mass is 32.1. The molecule has 0 spiro atoms. The van der Waals surface area contributed by atoms with Crippen LogP contribution in [0.4, 0.5) is 5.13 Å². The summed E-state index contributed by atoms with van der Waals surface area (Å²) in [5.74, 6) is 0.289. The first-order chi connectivity index (χ1) is 12.1. The second kappa shape index (κ2) is 9.78. The number of unbranched alkanes of at least 4 members (excludes halogenated alkanes) is 2. The van der Waals surface area contributed by atoms with Gasteiger partial charge in [0.05, 0.1) is 7.11 Å². The van der Waals surface area contributed by atoms with Crippen LogP contribution in [0.2, 0.25) is 0 Å². The lowest BCUT2D eigenvalue weighted by Gasteiger charge is -2.22. The Balaban J connectivity index is 2.04. The van der Waals surface area contributed by atoms with Gasteiger partial charge in [-0.15, -0.1) is 11.3 Å². The number of ether oxygens (including phenoxy) is 1. The fourth-order valence-electron chi connectivity index (χ4n) is 2.34. The maximum Gasteiger partial charge on any atom is 0.254 e. The molecular formula is C18H23N3O3S. The molecule has 1 aromatic heterocycles. The third-order valence-corrected chi connectivity index (χ3v) is 4.36. The lowest BCUT2D eigenvalue weighted by Crippen LogP contribution is -2.38. The Morgan fingerprint density at radius 1 is 1.24 bits per heavy atom. The second-order valence-electron chi connectivity index (χ2n) is 5.55. The van der Waals surface area contributed by atoms with Gasteiger partial charge in [-0.1, -0.05) is 19.8 Å². The number of aromatic nitrogens is 1. The Bertz CT molecular complexity index is 671. The number of thiazole rings is 1. The number of benzene rings is 1. The minimum Gasteiger partial charge on any atom is -0.497 e. The Hall–Kier alpha value is -2.41. The van der Waals surface area contributed by atoms with E-state index in [4.69, 9.17) is 4.74 Å². The van der Waals surface area contributed by atoms with Gasteiger partial charge in [0.25, 0.3) is 5.91 Å². The van der Waals surface area contributed by atoms with Crippen molar-refractivity contribution in [2.75, 3.05) is 25.5 Å². The van der Waals surface area contributed by atoms with Crippen molar-refractivity contribution in [3.8, 4) is 5.75 Å². The number of carbonyl (C=O) groups is 2. The van der Waals surface area contributed by atoms with Crippen molar-refractivity contribution < 1.29 is 14.3 Å². The molecule has 0 aliphatic carbocycles. The molecule has 2 rings (SSSR count). The average molecular weight is 361 g/mol. The summed E-state index contributed by atoms with van der Waals surface area (Å²) < 4.78 is 5.12. The minimum atomic E-state index is -0.242. The van der Waals surface area contributed by atoms with E-state index in [-0.39, 0.29) is 18.4 Å². The molecule has 0 unspecified atom stereocenters.